The monoisotopic (exact) mass is 294 g/mol. The molecular formula is C11H17F3N4S. The second kappa shape index (κ2) is 6.04. The van der Waals surface area contributed by atoms with E-state index in [9.17, 15) is 13.2 Å². The van der Waals surface area contributed by atoms with Crippen LogP contribution in [0.2, 0.25) is 0 Å². The lowest BCUT2D eigenvalue weighted by Gasteiger charge is -2.29. The van der Waals surface area contributed by atoms with E-state index in [4.69, 9.17) is 0 Å². The minimum Gasteiger partial charge on any atom is -0.357 e. The average Bonchev–Trinajstić information content (AvgIpc) is 2.78. The maximum atomic E-state index is 12.4. The highest BCUT2D eigenvalue weighted by atomic mass is 32.1. The Morgan fingerprint density at radius 1 is 1.32 bits per heavy atom. The topological polar surface area (TPSA) is 41.0 Å². The molecule has 108 valence electrons. The first-order valence-corrected chi connectivity index (χ1v) is 7.12. The molecular weight excluding hydrogens is 277 g/mol. The molecule has 0 bridgehead atoms. The molecule has 1 aromatic heterocycles. The van der Waals surface area contributed by atoms with Gasteiger partial charge >= 0.3 is 6.18 Å². The van der Waals surface area contributed by atoms with Crippen LogP contribution in [0.1, 0.15) is 32.0 Å². The van der Waals surface area contributed by atoms with Gasteiger partial charge in [-0.05, 0) is 32.9 Å². The molecule has 1 unspecified atom stereocenters. The van der Waals surface area contributed by atoms with Gasteiger partial charge in [-0.2, -0.15) is 22.5 Å². The largest absolute Gasteiger partial charge is 0.452 e. The van der Waals surface area contributed by atoms with Crippen molar-refractivity contribution in [1.29, 1.82) is 0 Å². The van der Waals surface area contributed by atoms with E-state index in [0.717, 1.165) is 31.2 Å². The zero-order valence-corrected chi connectivity index (χ0v) is 11.5. The molecule has 2 heterocycles. The van der Waals surface area contributed by atoms with Gasteiger partial charge in [0.1, 0.15) is 0 Å². The molecule has 0 aliphatic carbocycles. The van der Waals surface area contributed by atoms with E-state index < -0.39 is 12.0 Å². The Bertz CT molecular complexity index is 401. The number of piperidine rings is 1. The van der Waals surface area contributed by atoms with Gasteiger partial charge in [-0.1, -0.05) is 6.42 Å². The van der Waals surface area contributed by atoms with E-state index in [1.807, 2.05) is 6.92 Å². The number of nitrogens with one attached hydrogen (secondary N) is 1. The number of aromatic nitrogens is 2. The number of likely N-dealkylation sites (tertiary alicyclic amines) is 1. The molecule has 1 aliphatic rings. The van der Waals surface area contributed by atoms with Crippen molar-refractivity contribution in [1.82, 2.24) is 14.3 Å². The molecule has 1 fully saturated rings. The molecule has 0 saturated carbocycles. The Morgan fingerprint density at radius 3 is 2.58 bits per heavy atom. The summed E-state index contributed by atoms with van der Waals surface area (Å²) in [6, 6.07) is 0.0622. The van der Waals surface area contributed by atoms with Crippen LogP contribution < -0.4 is 5.32 Å². The molecule has 0 spiro atoms. The Kier molecular flexibility index (Phi) is 4.62. The van der Waals surface area contributed by atoms with Gasteiger partial charge in [-0.15, -0.1) is 0 Å². The molecule has 1 atom stereocenters. The standard InChI is InChI=1S/C11H17F3N4S/c1-8(7-18-5-3-2-4-6-18)15-10-16-9(17-19-10)11(12,13)14/h8H,2-7H2,1H3,(H,15,16,17). The van der Waals surface area contributed by atoms with Gasteiger partial charge in [-0.3, -0.25) is 0 Å². The molecule has 4 nitrogen and oxygen atoms in total. The van der Waals surface area contributed by atoms with Crippen LogP contribution in [0.25, 0.3) is 0 Å². The molecule has 0 amide bonds. The third kappa shape index (κ3) is 4.31. The first kappa shape index (κ1) is 14.5. The molecule has 0 radical (unpaired) electrons. The van der Waals surface area contributed by atoms with Crippen LogP contribution in [0.4, 0.5) is 18.3 Å². The Labute approximate surface area is 114 Å². The zero-order chi connectivity index (χ0) is 13.9. The maximum Gasteiger partial charge on any atom is 0.452 e. The van der Waals surface area contributed by atoms with E-state index in [1.165, 1.54) is 19.3 Å². The fraction of sp³-hybridized carbons (Fsp3) is 0.818. The highest BCUT2D eigenvalue weighted by Gasteiger charge is 2.36. The number of halogens is 3. The first-order valence-electron chi connectivity index (χ1n) is 6.35. The van der Waals surface area contributed by atoms with Gasteiger partial charge < -0.3 is 10.2 Å². The van der Waals surface area contributed by atoms with Crippen LogP contribution in [-0.2, 0) is 6.18 Å². The summed E-state index contributed by atoms with van der Waals surface area (Å²) in [4.78, 5) is 5.79. The number of anilines is 1. The fourth-order valence-corrected chi connectivity index (χ4v) is 2.88. The molecule has 8 heteroatoms. The van der Waals surface area contributed by atoms with Crippen molar-refractivity contribution in [3.05, 3.63) is 5.82 Å². The third-order valence-electron chi connectivity index (χ3n) is 3.03. The second-order valence-electron chi connectivity index (χ2n) is 4.83. The minimum absolute atomic E-state index is 0.0622. The molecule has 1 saturated heterocycles. The van der Waals surface area contributed by atoms with Gasteiger partial charge in [0.15, 0.2) is 0 Å². The minimum atomic E-state index is -4.47. The molecule has 19 heavy (non-hydrogen) atoms. The summed E-state index contributed by atoms with van der Waals surface area (Å²) in [5.41, 5.74) is 0. The Hall–Kier alpha value is -0.890. The van der Waals surface area contributed by atoms with E-state index in [-0.39, 0.29) is 11.2 Å². The van der Waals surface area contributed by atoms with E-state index in [2.05, 4.69) is 19.6 Å². The summed E-state index contributed by atoms with van der Waals surface area (Å²) < 4.78 is 40.4. The Morgan fingerprint density at radius 2 is 2.00 bits per heavy atom. The first-order chi connectivity index (χ1) is 8.95. The predicted molar refractivity (Wildman–Crippen MR) is 68.3 cm³/mol. The number of rotatable bonds is 4. The lowest BCUT2D eigenvalue weighted by atomic mass is 10.1. The van der Waals surface area contributed by atoms with Crippen molar-refractivity contribution < 1.29 is 13.2 Å². The molecule has 1 N–H and O–H groups in total. The molecule has 1 aromatic rings. The Balaban J connectivity index is 1.84. The number of alkyl halides is 3. The van der Waals surface area contributed by atoms with Crippen molar-refractivity contribution in [2.45, 2.75) is 38.4 Å². The fourth-order valence-electron chi connectivity index (χ4n) is 2.18. The summed E-state index contributed by atoms with van der Waals surface area (Å²) in [6.45, 7) is 4.90. The van der Waals surface area contributed by atoms with Gasteiger partial charge in [-0.25, -0.2) is 0 Å². The summed E-state index contributed by atoms with van der Waals surface area (Å²) in [7, 11) is 0. The third-order valence-corrected chi connectivity index (χ3v) is 3.68. The number of hydrogen-bond acceptors (Lipinski definition) is 5. The zero-order valence-electron chi connectivity index (χ0n) is 10.7. The lowest BCUT2D eigenvalue weighted by molar-refractivity contribution is -0.144. The summed E-state index contributed by atoms with van der Waals surface area (Å²) in [5.74, 6) is -1.06. The van der Waals surface area contributed by atoms with E-state index in [1.54, 1.807) is 0 Å². The second-order valence-corrected chi connectivity index (χ2v) is 5.58. The van der Waals surface area contributed by atoms with Crippen LogP contribution in [0.3, 0.4) is 0 Å². The SMILES string of the molecule is CC(CN1CCCCC1)Nc1nc(C(F)(F)F)ns1. The molecule has 0 aromatic carbocycles. The van der Waals surface area contributed by atoms with E-state index >= 15 is 0 Å². The van der Waals surface area contributed by atoms with Crippen LogP contribution in [0.5, 0.6) is 0 Å². The van der Waals surface area contributed by atoms with Crippen LogP contribution in [-0.4, -0.2) is 39.9 Å². The highest BCUT2D eigenvalue weighted by Crippen LogP contribution is 2.29. The quantitative estimate of drug-likeness (QED) is 0.927. The summed E-state index contributed by atoms with van der Waals surface area (Å²) in [5, 5.41) is 3.22. The average molecular weight is 294 g/mol. The van der Waals surface area contributed by atoms with Crippen LogP contribution >= 0.6 is 11.5 Å². The van der Waals surface area contributed by atoms with Crippen molar-refractivity contribution in [2.24, 2.45) is 0 Å². The molecule has 2 rings (SSSR count). The maximum absolute atomic E-state index is 12.4. The van der Waals surface area contributed by atoms with Gasteiger partial charge in [0.05, 0.1) is 0 Å². The van der Waals surface area contributed by atoms with Crippen molar-refractivity contribution >= 4 is 16.7 Å². The van der Waals surface area contributed by atoms with Crippen LogP contribution in [0.15, 0.2) is 0 Å². The van der Waals surface area contributed by atoms with Gasteiger partial charge in [0, 0.05) is 24.1 Å². The molecule has 1 aliphatic heterocycles. The predicted octanol–water partition coefficient (Wildman–Crippen LogP) is 2.84. The van der Waals surface area contributed by atoms with E-state index in [0.29, 0.717) is 0 Å². The van der Waals surface area contributed by atoms with Crippen molar-refractivity contribution in [2.75, 3.05) is 25.0 Å². The summed E-state index contributed by atoms with van der Waals surface area (Å²) >= 11 is 0.756. The van der Waals surface area contributed by atoms with Gasteiger partial charge in [0.25, 0.3) is 0 Å². The van der Waals surface area contributed by atoms with Gasteiger partial charge in [0.2, 0.25) is 11.0 Å². The lowest BCUT2D eigenvalue weighted by Crippen LogP contribution is -2.38. The number of hydrogen-bond donors (Lipinski definition) is 1. The summed E-state index contributed by atoms with van der Waals surface area (Å²) in [6.07, 6.45) is -0.802. The van der Waals surface area contributed by atoms with Crippen molar-refractivity contribution in [3.8, 4) is 0 Å². The normalized spacial score (nSPS) is 19.4. The smallest absolute Gasteiger partial charge is 0.357 e. The van der Waals surface area contributed by atoms with Crippen LogP contribution in [0, 0.1) is 0 Å². The number of nitrogens with zero attached hydrogens (tertiary/aromatic N) is 3. The van der Waals surface area contributed by atoms with Crippen molar-refractivity contribution in [3.63, 3.8) is 0 Å². The highest BCUT2D eigenvalue weighted by molar-refractivity contribution is 7.09.